The van der Waals surface area contributed by atoms with Crippen molar-refractivity contribution in [2.75, 3.05) is 19.6 Å². The van der Waals surface area contributed by atoms with Gasteiger partial charge in [0, 0.05) is 19.6 Å². The Hall–Kier alpha value is -1.30. The molecule has 0 radical (unpaired) electrons. The molecule has 21 heavy (non-hydrogen) atoms. The van der Waals surface area contributed by atoms with Crippen LogP contribution in [0.1, 0.15) is 51.9 Å². The maximum Gasteiger partial charge on any atom is 0.326 e. The molecule has 2 rings (SSSR count). The number of carbonyl (C=O) groups excluding carboxylic acids is 1. The zero-order valence-electron chi connectivity index (χ0n) is 12.8. The van der Waals surface area contributed by atoms with Crippen LogP contribution in [0.3, 0.4) is 0 Å². The van der Waals surface area contributed by atoms with Crippen molar-refractivity contribution in [3.8, 4) is 0 Å². The summed E-state index contributed by atoms with van der Waals surface area (Å²) in [5, 5.41) is 19.5. The third-order valence-electron chi connectivity index (χ3n) is 4.62. The second-order valence-corrected chi connectivity index (χ2v) is 6.52. The first kappa shape index (κ1) is 16.1. The van der Waals surface area contributed by atoms with Crippen molar-refractivity contribution in [1.82, 2.24) is 9.80 Å². The van der Waals surface area contributed by atoms with Gasteiger partial charge >= 0.3 is 12.0 Å². The quantitative estimate of drug-likeness (QED) is 0.771. The van der Waals surface area contributed by atoms with Gasteiger partial charge in [0.1, 0.15) is 6.04 Å². The number of aliphatic carboxylic acids is 1. The molecule has 120 valence electrons. The predicted molar refractivity (Wildman–Crippen MR) is 78.0 cm³/mol. The van der Waals surface area contributed by atoms with Crippen molar-refractivity contribution < 1.29 is 19.8 Å². The minimum absolute atomic E-state index is 0.179. The number of hydrogen-bond donors (Lipinski definition) is 2. The molecule has 2 N–H and O–H groups in total. The van der Waals surface area contributed by atoms with E-state index in [-0.39, 0.29) is 6.03 Å². The number of hydrogen-bond acceptors (Lipinski definition) is 3. The molecule has 0 saturated carbocycles. The third kappa shape index (κ3) is 4.09. The van der Waals surface area contributed by atoms with Gasteiger partial charge in [-0.05, 0) is 39.0 Å². The van der Waals surface area contributed by atoms with Gasteiger partial charge in [0.15, 0.2) is 0 Å². The van der Waals surface area contributed by atoms with Crippen LogP contribution >= 0.6 is 0 Å². The second kappa shape index (κ2) is 6.64. The Kier molecular flexibility index (Phi) is 5.08. The topological polar surface area (TPSA) is 81.1 Å². The zero-order chi connectivity index (χ0) is 15.5. The minimum Gasteiger partial charge on any atom is -0.480 e. The lowest BCUT2D eigenvalue weighted by molar-refractivity contribution is -0.142. The molecule has 0 spiro atoms. The van der Waals surface area contributed by atoms with E-state index in [0.29, 0.717) is 38.9 Å². The number of amides is 2. The monoisotopic (exact) mass is 298 g/mol. The summed E-state index contributed by atoms with van der Waals surface area (Å²) in [6.45, 7) is 3.40. The summed E-state index contributed by atoms with van der Waals surface area (Å²) in [6.07, 6.45) is 5.21. The number of aliphatic hydroxyl groups is 1. The van der Waals surface area contributed by atoms with Gasteiger partial charge in [-0.3, -0.25) is 0 Å². The van der Waals surface area contributed by atoms with Gasteiger partial charge in [0.2, 0.25) is 0 Å². The summed E-state index contributed by atoms with van der Waals surface area (Å²) in [5.74, 6) is -0.910. The highest BCUT2D eigenvalue weighted by atomic mass is 16.4. The Morgan fingerprint density at radius 3 is 2.52 bits per heavy atom. The van der Waals surface area contributed by atoms with Crippen molar-refractivity contribution in [1.29, 1.82) is 0 Å². The Labute approximate surface area is 125 Å². The third-order valence-corrected chi connectivity index (χ3v) is 4.62. The smallest absolute Gasteiger partial charge is 0.326 e. The fraction of sp³-hybridized carbons (Fsp3) is 0.867. The Balaban J connectivity index is 2.07. The highest BCUT2D eigenvalue weighted by molar-refractivity contribution is 5.82. The molecule has 2 saturated heterocycles. The largest absolute Gasteiger partial charge is 0.480 e. The van der Waals surface area contributed by atoms with E-state index in [9.17, 15) is 19.8 Å². The van der Waals surface area contributed by atoms with Crippen molar-refractivity contribution in [2.45, 2.75) is 63.5 Å². The van der Waals surface area contributed by atoms with Crippen LogP contribution in [-0.4, -0.2) is 63.3 Å². The van der Waals surface area contributed by atoms with Crippen LogP contribution < -0.4 is 0 Å². The molecule has 6 nitrogen and oxygen atoms in total. The van der Waals surface area contributed by atoms with Crippen LogP contribution in [0.15, 0.2) is 0 Å². The summed E-state index contributed by atoms with van der Waals surface area (Å²) in [4.78, 5) is 27.3. The molecule has 2 atom stereocenters. The lowest BCUT2D eigenvalue weighted by Crippen LogP contribution is -2.51. The zero-order valence-corrected chi connectivity index (χ0v) is 12.8. The van der Waals surface area contributed by atoms with E-state index in [1.807, 2.05) is 0 Å². The SMILES string of the molecule is CC1(O)CCCN(C(=O)N2CCCCCC2C(=O)O)CC1. The van der Waals surface area contributed by atoms with Gasteiger partial charge in [0.25, 0.3) is 0 Å². The molecule has 0 aromatic rings. The van der Waals surface area contributed by atoms with E-state index in [1.165, 1.54) is 4.90 Å². The number of likely N-dealkylation sites (tertiary alicyclic amines) is 2. The average Bonchev–Trinajstić information content (AvgIpc) is 2.75. The van der Waals surface area contributed by atoms with E-state index < -0.39 is 17.6 Å². The fourth-order valence-corrected chi connectivity index (χ4v) is 3.23. The second-order valence-electron chi connectivity index (χ2n) is 6.52. The van der Waals surface area contributed by atoms with E-state index in [4.69, 9.17) is 0 Å². The first-order valence-electron chi connectivity index (χ1n) is 7.91. The van der Waals surface area contributed by atoms with Gasteiger partial charge in [-0.1, -0.05) is 12.8 Å². The van der Waals surface area contributed by atoms with Gasteiger partial charge in [-0.15, -0.1) is 0 Å². The van der Waals surface area contributed by atoms with Crippen molar-refractivity contribution >= 4 is 12.0 Å². The molecule has 0 aromatic carbocycles. The molecule has 2 unspecified atom stereocenters. The molecule has 0 aromatic heterocycles. The number of nitrogens with zero attached hydrogens (tertiary/aromatic N) is 2. The van der Waals surface area contributed by atoms with Crippen molar-refractivity contribution in [2.24, 2.45) is 0 Å². The number of carboxylic acid groups (broad SMARTS) is 1. The van der Waals surface area contributed by atoms with Crippen LogP contribution in [-0.2, 0) is 4.79 Å². The Morgan fingerprint density at radius 2 is 1.81 bits per heavy atom. The number of rotatable bonds is 1. The molecule has 2 aliphatic heterocycles. The van der Waals surface area contributed by atoms with Crippen LogP contribution in [0.5, 0.6) is 0 Å². The van der Waals surface area contributed by atoms with Gasteiger partial charge in [0.05, 0.1) is 5.60 Å². The van der Waals surface area contributed by atoms with E-state index in [1.54, 1.807) is 11.8 Å². The standard InChI is InChI=1S/C15H26N2O4/c1-15(21)7-5-9-16(11-8-15)14(20)17-10-4-2-3-6-12(17)13(18)19/h12,21H,2-11H2,1H3,(H,18,19). The minimum atomic E-state index is -0.910. The van der Waals surface area contributed by atoms with Crippen molar-refractivity contribution in [3.05, 3.63) is 0 Å². The molecule has 0 aliphatic carbocycles. The first-order valence-corrected chi connectivity index (χ1v) is 7.91. The normalized spacial score (nSPS) is 31.4. The maximum absolute atomic E-state index is 12.7. The Bertz CT molecular complexity index is 397. The number of carbonyl (C=O) groups is 2. The molecule has 2 fully saturated rings. The highest BCUT2D eigenvalue weighted by Gasteiger charge is 2.35. The first-order chi connectivity index (χ1) is 9.91. The van der Waals surface area contributed by atoms with Crippen LogP contribution in [0.2, 0.25) is 0 Å². The molecule has 0 bridgehead atoms. The van der Waals surface area contributed by atoms with Crippen molar-refractivity contribution in [3.63, 3.8) is 0 Å². The van der Waals surface area contributed by atoms with E-state index in [0.717, 1.165) is 25.7 Å². The maximum atomic E-state index is 12.7. The highest BCUT2D eigenvalue weighted by Crippen LogP contribution is 2.24. The summed E-state index contributed by atoms with van der Waals surface area (Å²) in [7, 11) is 0. The van der Waals surface area contributed by atoms with Gasteiger partial charge in [-0.25, -0.2) is 9.59 Å². The van der Waals surface area contributed by atoms with E-state index >= 15 is 0 Å². The average molecular weight is 298 g/mol. The summed E-state index contributed by atoms with van der Waals surface area (Å²) >= 11 is 0. The van der Waals surface area contributed by atoms with Crippen LogP contribution in [0.25, 0.3) is 0 Å². The summed E-state index contributed by atoms with van der Waals surface area (Å²) in [6, 6.07) is -0.884. The van der Waals surface area contributed by atoms with Crippen LogP contribution in [0, 0.1) is 0 Å². The molecular weight excluding hydrogens is 272 g/mol. The Morgan fingerprint density at radius 1 is 1.05 bits per heavy atom. The summed E-state index contributed by atoms with van der Waals surface area (Å²) in [5.41, 5.74) is -0.722. The lowest BCUT2D eigenvalue weighted by atomic mass is 9.98. The summed E-state index contributed by atoms with van der Waals surface area (Å²) < 4.78 is 0. The molecule has 6 heteroatoms. The van der Waals surface area contributed by atoms with Crippen LogP contribution in [0.4, 0.5) is 4.79 Å². The van der Waals surface area contributed by atoms with Gasteiger partial charge in [-0.2, -0.15) is 0 Å². The molecule has 2 heterocycles. The predicted octanol–water partition coefficient (Wildman–Crippen LogP) is 1.67. The van der Waals surface area contributed by atoms with E-state index in [2.05, 4.69) is 0 Å². The molecule has 2 aliphatic rings. The molecule has 2 amide bonds. The fourth-order valence-electron chi connectivity index (χ4n) is 3.23. The van der Waals surface area contributed by atoms with Gasteiger partial charge < -0.3 is 20.0 Å². The number of carboxylic acids is 1. The number of urea groups is 1. The molecular formula is C15H26N2O4. The lowest BCUT2D eigenvalue weighted by Gasteiger charge is -2.33.